The van der Waals surface area contributed by atoms with Crippen molar-refractivity contribution in [1.82, 2.24) is 5.32 Å². The lowest BCUT2D eigenvalue weighted by atomic mass is 9.94. The summed E-state index contributed by atoms with van der Waals surface area (Å²) in [5, 5.41) is 3.22. The molecule has 0 amide bonds. The Balaban J connectivity index is 2.48. The lowest BCUT2D eigenvalue weighted by Crippen LogP contribution is -2.45. The highest BCUT2D eigenvalue weighted by Gasteiger charge is 2.23. The van der Waals surface area contributed by atoms with Crippen molar-refractivity contribution in [3.63, 3.8) is 0 Å². The van der Waals surface area contributed by atoms with Gasteiger partial charge in [-0.25, -0.2) is 0 Å². The molecule has 0 aliphatic carbocycles. The molecular formula is C8H15NO. The Morgan fingerprint density at radius 3 is 2.70 bits per heavy atom. The van der Waals surface area contributed by atoms with E-state index in [-0.39, 0.29) is 6.04 Å². The van der Waals surface area contributed by atoms with Gasteiger partial charge < -0.3 is 5.32 Å². The zero-order chi connectivity index (χ0) is 7.56. The van der Waals surface area contributed by atoms with E-state index in [9.17, 15) is 4.79 Å². The van der Waals surface area contributed by atoms with E-state index in [1.807, 2.05) is 0 Å². The molecule has 0 radical (unpaired) electrons. The number of hydrogen-bond acceptors (Lipinski definition) is 2. The molecule has 1 aliphatic heterocycles. The highest BCUT2D eigenvalue weighted by atomic mass is 16.1. The number of carbonyl (C=O) groups is 1. The van der Waals surface area contributed by atoms with Crippen LogP contribution < -0.4 is 5.32 Å². The number of ketones is 1. The van der Waals surface area contributed by atoms with Gasteiger partial charge in [-0.1, -0.05) is 13.8 Å². The van der Waals surface area contributed by atoms with Gasteiger partial charge in [0.05, 0.1) is 6.04 Å². The number of hydrogen-bond donors (Lipinski definition) is 1. The second kappa shape index (κ2) is 3.15. The Labute approximate surface area is 62.0 Å². The Hall–Kier alpha value is -0.370. The first-order valence-corrected chi connectivity index (χ1v) is 3.98. The van der Waals surface area contributed by atoms with Gasteiger partial charge >= 0.3 is 0 Å². The summed E-state index contributed by atoms with van der Waals surface area (Å²) in [5.74, 6) is 0.842. The van der Waals surface area contributed by atoms with Gasteiger partial charge in [0, 0.05) is 6.42 Å². The van der Waals surface area contributed by atoms with Crippen LogP contribution in [0.1, 0.15) is 26.7 Å². The summed E-state index contributed by atoms with van der Waals surface area (Å²) in [4.78, 5) is 11.2. The Kier molecular flexibility index (Phi) is 2.44. The highest BCUT2D eigenvalue weighted by Crippen LogP contribution is 2.10. The molecule has 1 heterocycles. The van der Waals surface area contributed by atoms with E-state index in [0.29, 0.717) is 11.7 Å². The molecule has 58 valence electrons. The largest absolute Gasteiger partial charge is 0.307 e. The van der Waals surface area contributed by atoms with Crippen LogP contribution in [0.4, 0.5) is 0 Å². The topological polar surface area (TPSA) is 29.1 Å². The quantitative estimate of drug-likeness (QED) is 0.589. The van der Waals surface area contributed by atoms with Crippen LogP contribution in [0.25, 0.3) is 0 Å². The van der Waals surface area contributed by atoms with Crippen LogP contribution >= 0.6 is 0 Å². The van der Waals surface area contributed by atoms with Crippen molar-refractivity contribution >= 4 is 5.78 Å². The van der Waals surface area contributed by atoms with Crippen LogP contribution in [-0.2, 0) is 4.79 Å². The smallest absolute Gasteiger partial charge is 0.150 e. The third-order valence-corrected chi connectivity index (χ3v) is 1.98. The van der Waals surface area contributed by atoms with E-state index in [4.69, 9.17) is 0 Å². The fourth-order valence-electron chi connectivity index (χ4n) is 1.40. The van der Waals surface area contributed by atoms with Crippen molar-refractivity contribution in [3.05, 3.63) is 0 Å². The predicted octanol–water partition coefficient (Wildman–Crippen LogP) is 0.963. The summed E-state index contributed by atoms with van der Waals surface area (Å²) in [6, 6.07) is 0.133. The van der Waals surface area contributed by atoms with E-state index < -0.39 is 0 Å². The van der Waals surface area contributed by atoms with Gasteiger partial charge in [-0.2, -0.15) is 0 Å². The first-order valence-electron chi connectivity index (χ1n) is 3.98. The molecule has 2 nitrogen and oxygen atoms in total. The number of nitrogens with one attached hydrogen (secondary N) is 1. The first kappa shape index (κ1) is 7.73. The van der Waals surface area contributed by atoms with E-state index in [2.05, 4.69) is 19.2 Å². The third-order valence-electron chi connectivity index (χ3n) is 1.98. The summed E-state index contributed by atoms with van der Waals surface area (Å²) in [6.45, 7) is 5.18. The van der Waals surface area contributed by atoms with E-state index in [1.54, 1.807) is 0 Å². The Bertz CT molecular complexity index is 131. The van der Waals surface area contributed by atoms with Gasteiger partial charge in [0.2, 0.25) is 0 Å². The molecule has 2 heteroatoms. The summed E-state index contributed by atoms with van der Waals surface area (Å²) in [6.07, 6.45) is 1.79. The molecule has 0 aromatic carbocycles. The fourth-order valence-corrected chi connectivity index (χ4v) is 1.40. The minimum absolute atomic E-state index is 0.133. The molecule has 0 spiro atoms. The second-order valence-electron chi connectivity index (χ2n) is 3.25. The molecule has 0 bridgehead atoms. The summed E-state index contributed by atoms with van der Waals surface area (Å²) in [7, 11) is 0. The maximum Gasteiger partial charge on any atom is 0.150 e. The standard InChI is InChI=1S/C8H15NO/c1-6(2)8-7(10)4-3-5-9-8/h6,8-9H,3-5H2,1-2H3. The van der Waals surface area contributed by atoms with Crippen LogP contribution in [0.3, 0.4) is 0 Å². The van der Waals surface area contributed by atoms with E-state index in [1.165, 1.54) is 0 Å². The molecule has 1 fully saturated rings. The zero-order valence-electron chi connectivity index (χ0n) is 6.68. The Morgan fingerprint density at radius 2 is 2.30 bits per heavy atom. The van der Waals surface area contributed by atoms with Gasteiger partial charge in [0.15, 0.2) is 0 Å². The molecule has 1 saturated heterocycles. The second-order valence-corrected chi connectivity index (χ2v) is 3.25. The van der Waals surface area contributed by atoms with Crippen molar-refractivity contribution in [2.75, 3.05) is 6.54 Å². The minimum atomic E-state index is 0.133. The maximum atomic E-state index is 11.2. The average Bonchev–Trinajstić information content (AvgIpc) is 1.88. The molecule has 1 unspecified atom stereocenters. The molecule has 1 atom stereocenters. The van der Waals surface area contributed by atoms with Crippen molar-refractivity contribution in [1.29, 1.82) is 0 Å². The Morgan fingerprint density at radius 1 is 1.60 bits per heavy atom. The SMILES string of the molecule is CC(C)C1NCCCC1=O. The summed E-state index contributed by atoms with van der Waals surface area (Å²) in [5.41, 5.74) is 0. The predicted molar refractivity (Wildman–Crippen MR) is 40.9 cm³/mol. The first-order chi connectivity index (χ1) is 4.72. The van der Waals surface area contributed by atoms with Crippen molar-refractivity contribution in [2.24, 2.45) is 5.92 Å². The minimum Gasteiger partial charge on any atom is -0.307 e. The molecule has 1 aliphatic rings. The summed E-state index contributed by atoms with van der Waals surface area (Å²) < 4.78 is 0. The van der Waals surface area contributed by atoms with Crippen LogP contribution in [0.15, 0.2) is 0 Å². The van der Waals surface area contributed by atoms with Crippen LogP contribution in [0, 0.1) is 5.92 Å². The molecule has 1 rings (SSSR count). The number of carbonyl (C=O) groups excluding carboxylic acids is 1. The number of piperidine rings is 1. The van der Waals surface area contributed by atoms with Gasteiger partial charge in [-0.05, 0) is 18.9 Å². The van der Waals surface area contributed by atoms with Gasteiger partial charge in [-0.3, -0.25) is 4.79 Å². The van der Waals surface area contributed by atoms with Crippen LogP contribution in [-0.4, -0.2) is 18.4 Å². The molecule has 1 N–H and O–H groups in total. The van der Waals surface area contributed by atoms with Gasteiger partial charge in [-0.15, -0.1) is 0 Å². The molecule has 0 saturated carbocycles. The lowest BCUT2D eigenvalue weighted by Gasteiger charge is -2.25. The third kappa shape index (κ3) is 1.57. The van der Waals surface area contributed by atoms with Gasteiger partial charge in [0.1, 0.15) is 5.78 Å². The monoisotopic (exact) mass is 141 g/mol. The maximum absolute atomic E-state index is 11.2. The zero-order valence-corrected chi connectivity index (χ0v) is 6.68. The van der Waals surface area contributed by atoms with Gasteiger partial charge in [0.25, 0.3) is 0 Å². The van der Waals surface area contributed by atoms with E-state index >= 15 is 0 Å². The van der Waals surface area contributed by atoms with Crippen molar-refractivity contribution in [3.8, 4) is 0 Å². The number of rotatable bonds is 1. The average molecular weight is 141 g/mol. The van der Waals surface area contributed by atoms with Crippen LogP contribution in [0.2, 0.25) is 0 Å². The fraction of sp³-hybridized carbons (Fsp3) is 0.875. The van der Waals surface area contributed by atoms with Crippen molar-refractivity contribution < 1.29 is 4.79 Å². The molecular weight excluding hydrogens is 126 g/mol. The number of Topliss-reactive ketones (excluding diaryl/α,β-unsaturated/α-hetero) is 1. The summed E-state index contributed by atoms with van der Waals surface area (Å²) >= 11 is 0. The lowest BCUT2D eigenvalue weighted by molar-refractivity contribution is -0.123. The molecule has 0 aromatic heterocycles. The molecule has 0 aromatic rings. The van der Waals surface area contributed by atoms with Crippen molar-refractivity contribution in [2.45, 2.75) is 32.7 Å². The highest BCUT2D eigenvalue weighted by molar-refractivity contribution is 5.84. The normalized spacial score (nSPS) is 27.5. The van der Waals surface area contributed by atoms with Crippen LogP contribution in [0.5, 0.6) is 0 Å². The molecule has 10 heavy (non-hydrogen) atoms. The van der Waals surface area contributed by atoms with E-state index in [0.717, 1.165) is 19.4 Å².